The number of carboxylic acid groups (broad SMARTS) is 1. The molecule has 0 saturated carbocycles. The summed E-state index contributed by atoms with van der Waals surface area (Å²) in [5, 5.41) is 13.8. The molecule has 5 rings (SSSR count). The number of nitrogens with zero attached hydrogens (tertiary/aromatic N) is 3. The third-order valence-electron chi connectivity index (χ3n) is 5.05. The molecule has 2 N–H and O–H groups in total. The van der Waals surface area contributed by atoms with E-state index in [1.54, 1.807) is 49.4 Å². The normalized spacial score (nSPS) is 11.3. The SMILES string of the molecule is COc1cccc2oc(-c3c(C)[nH]c4c(-c5ccccc5)c(C(=O)O)nn4c3=O)nc12. The molecule has 5 aromatic rings. The van der Waals surface area contributed by atoms with Crippen LogP contribution in [0.3, 0.4) is 0 Å². The van der Waals surface area contributed by atoms with E-state index in [9.17, 15) is 14.7 Å². The highest BCUT2D eigenvalue weighted by molar-refractivity contribution is 5.99. The van der Waals surface area contributed by atoms with Crippen LogP contribution in [0.1, 0.15) is 16.2 Å². The number of oxazole rings is 1. The number of methoxy groups -OCH3 is 1. The number of H-pyrrole nitrogens is 1. The Kier molecular flexibility index (Phi) is 4.11. The van der Waals surface area contributed by atoms with E-state index in [4.69, 9.17) is 9.15 Å². The van der Waals surface area contributed by atoms with Gasteiger partial charge >= 0.3 is 5.97 Å². The fraction of sp³-hybridized carbons (Fsp3) is 0.0909. The van der Waals surface area contributed by atoms with Crippen molar-refractivity contribution in [3.63, 3.8) is 0 Å². The van der Waals surface area contributed by atoms with Crippen molar-refractivity contribution in [2.75, 3.05) is 7.11 Å². The molecule has 0 aliphatic carbocycles. The van der Waals surface area contributed by atoms with Crippen molar-refractivity contribution in [1.82, 2.24) is 19.6 Å². The summed E-state index contributed by atoms with van der Waals surface area (Å²) in [6, 6.07) is 14.1. The number of rotatable bonds is 4. The standard InChI is InChI=1S/C22H16N4O5/c1-11-15(20-24-17-13(30-2)9-6-10-14(17)31-20)21(27)26-19(23-11)16(18(25-26)22(28)29)12-7-4-3-5-8-12/h3-10,23H,1-2H3,(H,28,29). The molecule has 9 nitrogen and oxygen atoms in total. The van der Waals surface area contributed by atoms with Gasteiger partial charge in [0.15, 0.2) is 16.8 Å². The quantitative estimate of drug-likeness (QED) is 0.459. The monoisotopic (exact) mass is 416 g/mol. The van der Waals surface area contributed by atoms with Crippen molar-refractivity contribution in [2.45, 2.75) is 6.92 Å². The lowest BCUT2D eigenvalue weighted by molar-refractivity contribution is 0.0691. The maximum atomic E-state index is 13.4. The minimum Gasteiger partial charge on any atom is -0.494 e. The van der Waals surface area contributed by atoms with Crippen molar-refractivity contribution < 1.29 is 19.1 Å². The van der Waals surface area contributed by atoms with E-state index < -0.39 is 11.5 Å². The van der Waals surface area contributed by atoms with E-state index in [0.29, 0.717) is 33.7 Å². The molecule has 0 aliphatic heterocycles. The molecule has 0 amide bonds. The van der Waals surface area contributed by atoms with Gasteiger partial charge in [0.05, 0.1) is 12.7 Å². The van der Waals surface area contributed by atoms with Crippen LogP contribution in [-0.4, -0.2) is 37.8 Å². The molecule has 0 aliphatic rings. The summed E-state index contributed by atoms with van der Waals surface area (Å²) >= 11 is 0. The lowest BCUT2D eigenvalue weighted by atomic mass is 10.1. The van der Waals surface area contributed by atoms with Crippen LogP contribution >= 0.6 is 0 Å². The predicted octanol–water partition coefficient (Wildman–Crippen LogP) is 3.51. The van der Waals surface area contributed by atoms with Crippen LogP contribution in [0.25, 0.3) is 39.3 Å². The molecule has 31 heavy (non-hydrogen) atoms. The molecule has 0 bridgehead atoms. The number of para-hydroxylation sites is 1. The van der Waals surface area contributed by atoms with Crippen molar-refractivity contribution in [1.29, 1.82) is 0 Å². The smallest absolute Gasteiger partial charge is 0.357 e. The maximum absolute atomic E-state index is 13.4. The molecule has 0 atom stereocenters. The lowest BCUT2D eigenvalue weighted by Crippen LogP contribution is -2.19. The zero-order valence-corrected chi connectivity index (χ0v) is 16.5. The van der Waals surface area contributed by atoms with Crippen LogP contribution in [0, 0.1) is 6.92 Å². The van der Waals surface area contributed by atoms with Gasteiger partial charge in [-0.05, 0) is 24.6 Å². The molecule has 154 valence electrons. The number of nitrogens with one attached hydrogen (secondary N) is 1. The number of carbonyl (C=O) groups is 1. The molecule has 3 aromatic heterocycles. The number of benzene rings is 2. The van der Waals surface area contributed by atoms with E-state index in [0.717, 1.165) is 4.52 Å². The minimum atomic E-state index is -1.24. The van der Waals surface area contributed by atoms with E-state index in [1.807, 2.05) is 6.07 Å². The lowest BCUT2D eigenvalue weighted by Gasteiger charge is -2.05. The Morgan fingerprint density at radius 1 is 1.13 bits per heavy atom. The number of ether oxygens (including phenoxy) is 1. The molecule has 0 fully saturated rings. The Labute approximate surface area is 174 Å². The summed E-state index contributed by atoms with van der Waals surface area (Å²) in [6.45, 7) is 1.70. The Balaban J connectivity index is 1.82. The number of aromatic amines is 1. The second-order valence-corrected chi connectivity index (χ2v) is 6.91. The van der Waals surface area contributed by atoms with Crippen molar-refractivity contribution in [3.05, 3.63) is 70.3 Å². The Morgan fingerprint density at radius 3 is 2.61 bits per heavy atom. The summed E-state index contributed by atoms with van der Waals surface area (Å²) in [6.07, 6.45) is 0. The highest BCUT2D eigenvalue weighted by atomic mass is 16.5. The van der Waals surface area contributed by atoms with Crippen LogP contribution in [0.15, 0.2) is 57.7 Å². The number of hydrogen-bond acceptors (Lipinski definition) is 6. The third kappa shape index (κ3) is 2.78. The van der Waals surface area contributed by atoms with Gasteiger partial charge in [-0.25, -0.2) is 9.78 Å². The number of aromatic carboxylic acids is 1. The number of aryl methyl sites for hydroxylation is 1. The average molecular weight is 416 g/mol. The average Bonchev–Trinajstić information content (AvgIpc) is 3.36. The topological polar surface area (TPSA) is 123 Å². The van der Waals surface area contributed by atoms with Crippen LogP contribution in [0.5, 0.6) is 5.75 Å². The van der Waals surface area contributed by atoms with Crippen LogP contribution < -0.4 is 10.3 Å². The molecule has 2 aromatic carbocycles. The number of aromatic nitrogens is 4. The summed E-state index contributed by atoms with van der Waals surface area (Å²) in [5.41, 5.74) is 2.05. The molecule has 0 unspecified atom stereocenters. The van der Waals surface area contributed by atoms with Crippen molar-refractivity contribution in [3.8, 4) is 28.3 Å². The van der Waals surface area contributed by atoms with Gasteiger partial charge in [-0.2, -0.15) is 9.61 Å². The number of hydrogen-bond donors (Lipinski definition) is 2. The van der Waals surface area contributed by atoms with Crippen LogP contribution in [0.2, 0.25) is 0 Å². The maximum Gasteiger partial charge on any atom is 0.357 e. The molecule has 0 spiro atoms. The van der Waals surface area contributed by atoms with Gasteiger partial charge in [-0.3, -0.25) is 4.79 Å². The summed E-state index contributed by atoms with van der Waals surface area (Å²) in [4.78, 5) is 32.8. The van der Waals surface area contributed by atoms with Gasteiger partial charge in [0.2, 0.25) is 5.89 Å². The van der Waals surface area contributed by atoms with Crippen LogP contribution in [-0.2, 0) is 0 Å². The largest absolute Gasteiger partial charge is 0.494 e. The highest BCUT2D eigenvalue weighted by Gasteiger charge is 2.26. The summed E-state index contributed by atoms with van der Waals surface area (Å²) in [5.74, 6) is -0.629. The van der Waals surface area contributed by atoms with Gasteiger partial charge in [0.25, 0.3) is 5.56 Å². The first-order chi connectivity index (χ1) is 15.0. The molecule has 0 radical (unpaired) electrons. The summed E-state index contributed by atoms with van der Waals surface area (Å²) < 4.78 is 12.2. The van der Waals surface area contributed by atoms with Gasteiger partial charge in [0.1, 0.15) is 17.0 Å². The first-order valence-electron chi connectivity index (χ1n) is 9.38. The minimum absolute atomic E-state index is 0.0915. The van der Waals surface area contributed by atoms with Crippen molar-refractivity contribution >= 4 is 22.7 Å². The third-order valence-corrected chi connectivity index (χ3v) is 5.05. The van der Waals surface area contributed by atoms with Crippen molar-refractivity contribution in [2.24, 2.45) is 0 Å². The fourth-order valence-electron chi connectivity index (χ4n) is 3.66. The molecular weight excluding hydrogens is 400 g/mol. The van der Waals surface area contributed by atoms with E-state index >= 15 is 0 Å². The second kappa shape index (κ2) is 6.84. The zero-order chi connectivity index (χ0) is 21.7. The van der Waals surface area contributed by atoms with Gasteiger partial charge in [-0.15, -0.1) is 0 Å². The highest BCUT2D eigenvalue weighted by Crippen LogP contribution is 2.31. The van der Waals surface area contributed by atoms with E-state index in [2.05, 4.69) is 15.1 Å². The first-order valence-corrected chi connectivity index (χ1v) is 9.38. The zero-order valence-electron chi connectivity index (χ0n) is 16.5. The summed E-state index contributed by atoms with van der Waals surface area (Å²) in [7, 11) is 1.52. The number of carboxylic acids is 1. The van der Waals surface area contributed by atoms with Gasteiger partial charge < -0.3 is 19.2 Å². The van der Waals surface area contributed by atoms with E-state index in [1.165, 1.54) is 7.11 Å². The molecule has 0 saturated heterocycles. The fourth-order valence-corrected chi connectivity index (χ4v) is 3.66. The Morgan fingerprint density at radius 2 is 1.90 bits per heavy atom. The molecule has 9 heteroatoms. The van der Waals surface area contributed by atoms with Crippen LogP contribution in [0.4, 0.5) is 0 Å². The first kappa shape index (κ1) is 18.6. The Bertz CT molecular complexity index is 1530. The van der Waals surface area contributed by atoms with Gasteiger partial charge in [0, 0.05) is 5.69 Å². The molecular formula is C22H16N4O5. The molecule has 3 heterocycles. The van der Waals surface area contributed by atoms with E-state index in [-0.39, 0.29) is 22.8 Å². The predicted molar refractivity (Wildman–Crippen MR) is 113 cm³/mol. The Hall–Kier alpha value is -4.40. The van der Waals surface area contributed by atoms with Gasteiger partial charge in [-0.1, -0.05) is 36.4 Å². The number of fused-ring (bicyclic) bond motifs is 2. The second-order valence-electron chi connectivity index (χ2n) is 6.91.